The summed E-state index contributed by atoms with van der Waals surface area (Å²) in [5.41, 5.74) is 6.50. The van der Waals surface area contributed by atoms with Crippen molar-refractivity contribution in [2.75, 3.05) is 6.61 Å². The second kappa shape index (κ2) is 11.8. The quantitative estimate of drug-likeness (QED) is 0.207. The normalized spacial score (nSPS) is 20.4. The maximum absolute atomic E-state index is 13.2. The van der Waals surface area contributed by atoms with E-state index in [-0.39, 0.29) is 12.0 Å². The van der Waals surface area contributed by atoms with Crippen molar-refractivity contribution < 1.29 is 23.5 Å². The first-order chi connectivity index (χ1) is 17.1. The lowest BCUT2D eigenvalue weighted by Gasteiger charge is -2.27. The number of aromatic hydroxyl groups is 1. The summed E-state index contributed by atoms with van der Waals surface area (Å²) in [6.07, 6.45) is 1.11. The van der Waals surface area contributed by atoms with E-state index in [1.54, 1.807) is 16.3 Å². The molecule has 36 heavy (non-hydrogen) atoms. The maximum Gasteiger partial charge on any atom is 0.386 e. The molecule has 192 valence electrons. The summed E-state index contributed by atoms with van der Waals surface area (Å²) in [5, 5.41) is 7.54. The van der Waals surface area contributed by atoms with Crippen LogP contribution in [0.1, 0.15) is 65.7 Å². The molecule has 4 rings (SSSR count). The van der Waals surface area contributed by atoms with Crippen molar-refractivity contribution in [3.63, 3.8) is 0 Å². The first-order valence-corrected chi connectivity index (χ1v) is 17.8. The van der Waals surface area contributed by atoms with Crippen LogP contribution in [-0.2, 0) is 20.0 Å². The van der Waals surface area contributed by atoms with E-state index in [4.69, 9.17) is 25.4 Å². The van der Waals surface area contributed by atoms with Crippen LogP contribution in [0.2, 0.25) is 5.02 Å². The number of rotatable bonds is 7. The molecule has 1 aliphatic heterocycles. The second-order valence-corrected chi connectivity index (χ2v) is 17.0. The van der Waals surface area contributed by atoms with E-state index < -0.39 is 25.4 Å². The molecule has 1 unspecified atom stereocenters. The highest BCUT2D eigenvalue weighted by molar-refractivity contribution is 14.2. The fourth-order valence-electron chi connectivity index (χ4n) is 4.29. The van der Waals surface area contributed by atoms with Crippen molar-refractivity contribution in [1.82, 2.24) is 0 Å². The van der Waals surface area contributed by atoms with Crippen molar-refractivity contribution in [3.05, 3.63) is 93.0 Å². The minimum absolute atomic E-state index is 0.256. The summed E-state index contributed by atoms with van der Waals surface area (Å²) in [4.78, 5) is 0. The van der Waals surface area contributed by atoms with Crippen molar-refractivity contribution in [3.8, 4) is 11.5 Å². The Kier molecular flexibility index (Phi) is 8.95. The van der Waals surface area contributed by atoms with Gasteiger partial charge in [0.1, 0.15) is 15.7 Å². The molecule has 1 saturated heterocycles. The number of ether oxygens (including phenoxy) is 1. The molecule has 8 heteroatoms. The molecule has 0 amide bonds. The smallest absolute Gasteiger partial charge is 0.386 e. The molecule has 3 aromatic carbocycles. The highest BCUT2D eigenvalue weighted by Crippen LogP contribution is 2.66. The Morgan fingerprint density at radius 2 is 1.92 bits per heavy atom. The third kappa shape index (κ3) is 6.78. The van der Waals surface area contributed by atoms with Crippen LogP contribution in [0.15, 0.2) is 54.6 Å². The molecule has 1 heterocycles. The van der Waals surface area contributed by atoms with Gasteiger partial charge in [0.25, 0.3) is 0 Å². The molecular weight excluding hydrogens is 610 g/mol. The maximum atomic E-state index is 13.2. The minimum atomic E-state index is -3.22. The van der Waals surface area contributed by atoms with Gasteiger partial charge < -0.3 is 14.4 Å². The zero-order chi connectivity index (χ0) is 25.9. The molecule has 0 bridgehead atoms. The first-order valence-electron chi connectivity index (χ1n) is 11.9. The van der Waals surface area contributed by atoms with E-state index in [0.29, 0.717) is 29.5 Å². The van der Waals surface area contributed by atoms with Gasteiger partial charge in [-0.15, -0.1) is 0 Å². The molecule has 1 fully saturated rings. The second-order valence-electron chi connectivity index (χ2n) is 9.27. The Morgan fingerprint density at radius 1 is 1.17 bits per heavy atom. The van der Waals surface area contributed by atoms with Gasteiger partial charge in [-0.1, -0.05) is 49.7 Å². The number of hydrogen-bond donors (Lipinski definition) is 1. The molecule has 0 aromatic heterocycles. The fraction of sp³-hybridized carbons (Fsp3) is 0.321. The van der Waals surface area contributed by atoms with Gasteiger partial charge in [0.05, 0.1) is 12.7 Å². The summed E-state index contributed by atoms with van der Waals surface area (Å²) < 4.78 is 32.2. The van der Waals surface area contributed by atoms with Crippen LogP contribution in [0.25, 0.3) is 0 Å². The third-order valence-electron chi connectivity index (χ3n) is 6.20. The van der Waals surface area contributed by atoms with Gasteiger partial charge in [0, 0.05) is 31.6 Å². The SMILES string of the molecule is Cc1cc(OC=IP2(=O)OCC[C@H](c3cccc(Cl)c3)O2)cc(C)c1Cc1ccc(O)c(C(C)C)c1. The molecule has 1 N–H and O–H groups in total. The van der Waals surface area contributed by atoms with Gasteiger partial charge in [0.2, 0.25) is 0 Å². The lowest BCUT2D eigenvalue weighted by molar-refractivity contribution is 0.0946. The van der Waals surface area contributed by atoms with Gasteiger partial charge in [-0.3, -0.25) is 4.52 Å². The van der Waals surface area contributed by atoms with Crippen LogP contribution in [0.3, 0.4) is 0 Å². The number of hydrogen-bond acceptors (Lipinski definition) is 5. The van der Waals surface area contributed by atoms with Gasteiger partial charge in [-0.05, 0) is 89.9 Å². The van der Waals surface area contributed by atoms with Gasteiger partial charge in [0.15, 0.2) is 0 Å². The molecule has 1 aliphatic rings. The molecule has 0 saturated carbocycles. The number of aryl methyl sites for hydroxylation is 2. The largest absolute Gasteiger partial charge is 0.508 e. The topological polar surface area (TPSA) is 65.0 Å². The highest BCUT2D eigenvalue weighted by atomic mass is 127. The molecule has 0 spiro atoms. The monoisotopic (exact) mass is 640 g/mol. The van der Waals surface area contributed by atoms with Gasteiger partial charge in [-0.25, -0.2) is 4.57 Å². The van der Waals surface area contributed by atoms with Crippen molar-refractivity contribution in [2.24, 2.45) is 0 Å². The van der Waals surface area contributed by atoms with E-state index >= 15 is 0 Å². The van der Waals surface area contributed by atoms with Crippen LogP contribution in [0.5, 0.6) is 11.5 Å². The average molecular weight is 641 g/mol. The summed E-state index contributed by atoms with van der Waals surface area (Å²) in [5.74, 6) is 1.30. The Balaban J connectivity index is 1.44. The summed E-state index contributed by atoms with van der Waals surface area (Å²) in [6.45, 7) is 8.67. The molecular formula is C28H31ClIO5P. The van der Waals surface area contributed by atoms with Gasteiger partial charge >= 0.3 is 5.24 Å². The van der Waals surface area contributed by atoms with Crippen molar-refractivity contribution in [1.29, 1.82) is 0 Å². The Bertz CT molecular complexity index is 1300. The van der Waals surface area contributed by atoms with Gasteiger partial charge in [-0.2, -0.15) is 0 Å². The average Bonchev–Trinajstić information content (AvgIpc) is 2.82. The van der Waals surface area contributed by atoms with Crippen LogP contribution >= 0.6 is 37.0 Å². The predicted molar refractivity (Wildman–Crippen MR) is 155 cm³/mol. The van der Waals surface area contributed by atoms with E-state index in [1.165, 1.54) is 5.56 Å². The molecule has 0 aliphatic carbocycles. The zero-order valence-electron chi connectivity index (χ0n) is 20.8. The highest BCUT2D eigenvalue weighted by Gasteiger charge is 2.33. The lowest BCUT2D eigenvalue weighted by Crippen LogP contribution is -2.12. The summed E-state index contributed by atoms with van der Waals surface area (Å²) in [7, 11) is 0. The Labute approximate surface area is 227 Å². The van der Waals surface area contributed by atoms with Crippen molar-refractivity contribution in [2.45, 2.75) is 52.6 Å². The third-order valence-corrected chi connectivity index (χ3v) is 12.3. The molecule has 0 radical (unpaired) electrons. The number of phenols is 1. The molecule has 2 atom stereocenters. The van der Waals surface area contributed by atoms with Crippen LogP contribution in [0, 0.1) is 13.8 Å². The van der Waals surface area contributed by atoms with Crippen LogP contribution in [-0.4, -0.2) is 15.9 Å². The standard InChI is InChI=1S/C28H31ClIO5P/c1-18(2)25-14-21(8-9-27(25)31)15-26-19(3)12-24(13-20(26)4)33-17-30-36(32)34-11-10-28(35-36)22-6-5-7-23(29)16-22/h5-9,12-14,16-18,28,31H,10-11,15H2,1-4H3/t28-,36?/m1/s1. The van der Waals surface area contributed by atoms with Crippen LogP contribution < -0.4 is 4.74 Å². The van der Waals surface area contributed by atoms with Crippen LogP contribution in [0.4, 0.5) is 0 Å². The summed E-state index contributed by atoms with van der Waals surface area (Å²) >= 11 is 5.00. The van der Waals surface area contributed by atoms with E-state index in [9.17, 15) is 9.67 Å². The lowest BCUT2D eigenvalue weighted by atomic mass is 9.93. The van der Waals surface area contributed by atoms with E-state index in [0.717, 1.165) is 34.2 Å². The molecule has 3 aromatic rings. The number of phenolic OH excluding ortho intramolecular Hbond substituents is 1. The zero-order valence-corrected chi connectivity index (χ0v) is 24.6. The predicted octanol–water partition coefficient (Wildman–Crippen LogP) is 8.77. The number of benzene rings is 3. The fourth-order valence-corrected chi connectivity index (χ4v) is 9.41. The molecule has 5 nitrogen and oxygen atoms in total. The van der Waals surface area contributed by atoms with E-state index in [2.05, 4.69) is 33.8 Å². The Hall–Kier alpha value is -1.70. The van der Waals surface area contributed by atoms with E-state index in [1.807, 2.05) is 36.4 Å². The Morgan fingerprint density at radius 3 is 2.61 bits per heavy atom. The summed E-state index contributed by atoms with van der Waals surface area (Å²) in [6, 6.07) is 17.3. The number of halogens is 2. The minimum Gasteiger partial charge on any atom is -0.508 e. The van der Waals surface area contributed by atoms with Crippen molar-refractivity contribution >= 4 is 41.2 Å². The first kappa shape index (κ1) is 27.3.